The predicted molar refractivity (Wildman–Crippen MR) is 155 cm³/mol. The van der Waals surface area contributed by atoms with Gasteiger partial charge in [-0.2, -0.15) is 13.2 Å². The van der Waals surface area contributed by atoms with E-state index < -0.39 is 17.6 Å². The lowest BCUT2D eigenvalue weighted by atomic mass is 10.1. The molecule has 9 nitrogen and oxygen atoms in total. The molecule has 0 spiro atoms. The van der Waals surface area contributed by atoms with Crippen LogP contribution in [0.1, 0.15) is 34.3 Å². The van der Waals surface area contributed by atoms with Crippen LogP contribution >= 0.6 is 0 Å². The number of anilines is 4. The number of nitrogens with one attached hydrogen (secondary N) is 2. The maximum Gasteiger partial charge on any atom is 0.416 e. The smallest absolute Gasteiger partial charge is 0.416 e. The van der Waals surface area contributed by atoms with Gasteiger partial charge in [0, 0.05) is 47.9 Å². The maximum absolute atomic E-state index is 13.7. The molecule has 1 saturated heterocycles. The number of hydrogen-bond donors (Lipinski definition) is 3. The van der Waals surface area contributed by atoms with E-state index in [4.69, 9.17) is 10.5 Å². The molecule has 3 heterocycles. The number of ether oxygens (including phenoxy) is 1. The van der Waals surface area contributed by atoms with Crippen LogP contribution in [-0.2, 0) is 6.18 Å². The van der Waals surface area contributed by atoms with E-state index in [-0.39, 0.29) is 17.4 Å². The number of nitrogens with zero attached hydrogens (tertiary/aromatic N) is 4. The molecule has 2 aromatic carbocycles. The highest BCUT2D eigenvalue weighted by atomic mass is 19.4. The number of halogens is 3. The number of piperidine rings is 1. The Hall–Kier alpha value is -4.71. The van der Waals surface area contributed by atoms with Gasteiger partial charge in [0.25, 0.3) is 5.91 Å². The monoisotopic (exact) mass is 577 g/mol. The largest absolute Gasteiger partial charge is 0.490 e. The summed E-state index contributed by atoms with van der Waals surface area (Å²) in [5.41, 5.74) is 7.84. The third-order valence-electron chi connectivity index (χ3n) is 6.98. The van der Waals surface area contributed by atoms with Crippen molar-refractivity contribution in [2.24, 2.45) is 0 Å². The summed E-state index contributed by atoms with van der Waals surface area (Å²) in [6, 6.07) is 13.5. The third-order valence-corrected chi connectivity index (χ3v) is 6.98. The van der Waals surface area contributed by atoms with Crippen LogP contribution in [0.2, 0.25) is 0 Å². The summed E-state index contributed by atoms with van der Waals surface area (Å²) < 4.78 is 47.1. The van der Waals surface area contributed by atoms with E-state index in [2.05, 4.69) is 30.5 Å². The number of alkyl halides is 3. The molecule has 1 aliphatic heterocycles. The van der Waals surface area contributed by atoms with Crippen LogP contribution in [0.15, 0.2) is 67.1 Å². The van der Waals surface area contributed by atoms with Gasteiger partial charge in [-0.25, -0.2) is 15.0 Å². The van der Waals surface area contributed by atoms with Crippen LogP contribution in [0.25, 0.3) is 11.3 Å². The average Bonchev–Trinajstić information content (AvgIpc) is 2.96. The van der Waals surface area contributed by atoms with Crippen molar-refractivity contribution in [3.05, 3.63) is 83.8 Å². The first-order valence-corrected chi connectivity index (χ1v) is 13.3. The quantitative estimate of drug-likeness (QED) is 0.248. The zero-order valence-corrected chi connectivity index (χ0v) is 23.1. The third kappa shape index (κ3) is 6.95. The van der Waals surface area contributed by atoms with Gasteiger partial charge in [0.05, 0.1) is 11.3 Å². The number of benzene rings is 2. The fourth-order valence-electron chi connectivity index (χ4n) is 4.65. The molecule has 0 unspecified atom stereocenters. The zero-order valence-electron chi connectivity index (χ0n) is 23.1. The average molecular weight is 578 g/mol. The second kappa shape index (κ2) is 12.0. The minimum Gasteiger partial charge on any atom is -0.490 e. The van der Waals surface area contributed by atoms with Crippen LogP contribution in [0.3, 0.4) is 0 Å². The van der Waals surface area contributed by atoms with Crippen LogP contribution in [0, 0.1) is 6.92 Å². The highest BCUT2D eigenvalue weighted by Gasteiger charge is 2.32. The number of amides is 1. The van der Waals surface area contributed by atoms with Crippen LogP contribution in [0.4, 0.5) is 36.2 Å². The van der Waals surface area contributed by atoms with Crippen molar-refractivity contribution in [1.82, 2.24) is 19.9 Å². The number of pyridine rings is 1. The molecular weight excluding hydrogens is 547 g/mol. The Balaban J connectivity index is 1.38. The molecule has 4 aromatic rings. The Morgan fingerprint density at radius 3 is 2.57 bits per heavy atom. The van der Waals surface area contributed by atoms with Gasteiger partial charge >= 0.3 is 6.18 Å². The molecule has 4 N–H and O–H groups in total. The van der Waals surface area contributed by atoms with Crippen molar-refractivity contribution in [2.45, 2.75) is 32.0 Å². The van der Waals surface area contributed by atoms with Crippen molar-refractivity contribution in [3.63, 3.8) is 0 Å². The summed E-state index contributed by atoms with van der Waals surface area (Å²) in [6.45, 7) is 3.44. The van der Waals surface area contributed by atoms with E-state index in [1.54, 1.807) is 36.5 Å². The van der Waals surface area contributed by atoms with Gasteiger partial charge in [-0.1, -0.05) is 6.07 Å². The fourth-order valence-corrected chi connectivity index (χ4v) is 4.65. The first kappa shape index (κ1) is 28.8. The van der Waals surface area contributed by atoms with E-state index in [1.165, 1.54) is 12.4 Å². The number of nitrogens with two attached hydrogens (primary N) is 1. The molecule has 12 heteroatoms. The minimum absolute atomic E-state index is 0.0174. The van der Waals surface area contributed by atoms with Gasteiger partial charge < -0.3 is 26.0 Å². The molecule has 42 heavy (non-hydrogen) atoms. The number of carbonyl (C=O) groups excluding carboxylic acids is 1. The Kier molecular flexibility index (Phi) is 8.25. The molecule has 0 aliphatic carbocycles. The number of rotatable bonds is 7. The summed E-state index contributed by atoms with van der Waals surface area (Å²) in [6.07, 6.45) is -0.499. The number of aromatic nitrogens is 3. The Morgan fingerprint density at radius 1 is 1.05 bits per heavy atom. The summed E-state index contributed by atoms with van der Waals surface area (Å²) in [5, 5.41) is 5.98. The van der Waals surface area contributed by atoms with Gasteiger partial charge in [0.2, 0.25) is 0 Å². The Labute approximate surface area is 241 Å². The molecule has 1 fully saturated rings. The second-order valence-electron chi connectivity index (χ2n) is 10.2. The molecule has 1 amide bonds. The van der Waals surface area contributed by atoms with E-state index in [9.17, 15) is 18.0 Å². The van der Waals surface area contributed by atoms with Crippen LogP contribution < -0.4 is 21.1 Å². The second-order valence-corrected chi connectivity index (χ2v) is 10.2. The topological polar surface area (TPSA) is 118 Å². The van der Waals surface area contributed by atoms with Gasteiger partial charge in [-0.05, 0) is 74.8 Å². The molecular formula is C30H30F3N7O2. The Morgan fingerprint density at radius 2 is 1.83 bits per heavy atom. The fraction of sp³-hybridized carbons (Fsp3) is 0.267. The lowest BCUT2D eigenvalue weighted by molar-refractivity contribution is -0.137. The number of nitrogen functional groups attached to an aromatic ring is 1. The zero-order chi connectivity index (χ0) is 29.9. The van der Waals surface area contributed by atoms with E-state index in [0.717, 1.165) is 30.8 Å². The maximum atomic E-state index is 13.7. The molecule has 2 aromatic heterocycles. The lowest BCUT2D eigenvalue weighted by Gasteiger charge is -2.29. The predicted octanol–water partition coefficient (Wildman–Crippen LogP) is 5.92. The molecule has 0 atom stereocenters. The van der Waals surface area contributed by atoms with E-state index in [0.29, 0.717) is 47.1 Å². The summed E-state index contributed by atoms with van der Waals surface area (Å²) in [7, 11) is 1.98. The molecule has 0 bridgehead atoms. The Bertz CT molecular complexity index is 1590. The van der Waals surface area contributed by atoms with Crippen LogP contribution in [0.5, 0.6) is 5.75 Å². The summed E-state index contributed by atoms with van der Waals surface area (Å²) in [5.74, 6) is 0.129. The van der Waals surface area contributed by atoms with Gasteiger partial charge in [-0.15, -0.1) is 0 Å². The van der Waals surface area contributed by atoms with Gasteiger partial charge in [-0.3, -0.25) is 4.79 Å². The summed E-state index contributed by atoms with van der Waals surface area (Å²) >= 11 is 0. The molecule has 1 aliphatic rings. The molecule has 0 radical (unpaired) electrons. The molecule has 0 saturated carbocycles. The van der Waals surface area contributed by atoms with E-state index >= 15 is 0 Å². The standard InChI is InChI=1S/C30H30F3N7O2/c1-18-5-6-21(15-25(18)39-28-24(4-3-9-35-28)26-16-27(34)37-17-36-26)38-29(41)19-12-20(30(31,32)33)14-23(13-19)42-22-7-10-40(2)11-8-22/h3-6,9,12-17,22H,7-8,10-11H2,1-2H3,(H,35,39)(H,38,41)(H2,34,36,37). The first-order chi connectivity index (χ1) is 20.0. The highest BCUT2D eigenvalue weighted by Crippen LogP contribution is 2.34. The minimum atomic E-state index is -4.64. The van der Waals surface area contributed by atoms with Crippen molar-refractivity contribution < 1.29 is 22.7 Å². The van der Waals surface area contributed by atoms with Crippen molar-refractivity contribution in [3.8, 4) is 17.0 Å². The van der Waals surface area contributed by atoms with Gasteiger partial charge in [0.15, 0.2) is 0 Å². The normalized spacial score (nSPS) is 14.4. The molecule has 5 rings (SSSR count). The van der Waals surface area contributed by atoms with E-state index in [1.807, 2.05) is 20.0 Å². The SMILES string of the molecule is Cc1ccc(NC(=O)c2cc(OC3CCN(C)CC3)cc(C(F)(F)F)c2)cc1Nc1ncccc1-c1cc(N)ncn1. The first-order valence-electron chi connectivity index (χ1n) is 13.3. The van der Waals surface area contributed by atoms with Crippen LogP contribution in [-0.4, -0.2) is 52.0 Å². The lowest BCUT2D eigenvalue weighted by Crippen LogP contribution is -2.35. The van der Waals surface area contributed by atoms with Crippen molar-refractivity contribution in [2.75, 3.05) is 36.5 Å². The highest BCUT2D eigenvalue weighted by molar-refractivity contribution is 6.05. The van der Waals surface area contributed by atoms with Crippen molar-refractivity contribution in [1.29, 1.82) is 0 Å². The number of hydrogen-bond acceptors (Lipinski definition) is 8. The van der Waals surface area contributed by atoms with Crippen molar-refractivity contribution >= 4 is 28.9 Å². The summed E-state index contributed by atoms with van der Waals surface area (Å²) in [4.78, 5) is 28.0. The molecule has 218 valence electrons. The number of likely N-dealkylation sites (tertiary alicyclic amines) is 1. The number of carbonyl (C=O) groups is 1. The number of aryl methyl sites for hydroxylation is 1. The van der Waals surface area contributed by atoms with Gasteiger partial charge in [0.1, 0.15) is 29.8 Å².